The number of aromatic nitrogens is 2. The van der Waals surface area contributed by atoms with Crippen molar-refractivity contribution in [3.8, 4) is 11.5 Å². The number of aryl methyl sites for hydroxylation is 1. The number of carbonyl (C=O) groups is 2. The molecule has 7 heteroatoms. The number of hydrogen-bond acceptors (Lipinski definition) is 7. The molecule has 1 N–H and O–H groups in total. The molecule has 1 aromatic heterocycles. The summed E-state index contributed by atoms with van der Waals surface area (Å²) in [6.45, 7) is 2.03. The first-order valence-electron chi connectivity index (χ1n) is 9.79. The number of ketones is 2. The second-order valence-electron chi connectivity index (χ2n) is 6.96. The summed E-state index contributed by atoms with van der Waals surface area (Å²) in [6.07, 6.45) is 6.20. The Bertz CT molecular complexity index is 1260. The molecule has 4 rings (SSSR count). The van der Waals surface area contributed by atoms with Gasteiger partial charge in [0.05, 0.1) is 19.7 Å². The highest BCUT2D eigenvalue weighted by Crippen LogP contribution is 2.36. The van der Waals surface area contributed by atoms with Gasteiger partial charge in [-0.15, -0.1) is 0 Å². The van der Waals surface area contributed by atoms with Crippen LogP contribution < -0.4 is 14.8 Å². The Morgan fingerprint density at radius 3 is 2.48 bits per heavy atom. The molecule has 156 valence electrons. The Kier molecular flexibility index (Phi) is 5.49. The first kappa shape index (κ1) is 20.3. The average Bonchev–Trinajstić information content (AvgIpc) is 2.80. The van der Waals surface area contributed by atoms with Gasteiger partial charge in [0.25, 0.3) is 0 Å². The Hall–Kier alpha value is -4.00. The lowest BCUT2D eigenvalue weighted by Gasteiger charge is -2.17. The third-order valence-electron chi connectivity index (χ3n) is 5.13. The minimum absolute atomic E-state index is 0.213. The SMILES string of the molecule is CCc1ccc(Nc2ncnc3cc(OC)c(OC)cc23)c(C2=CC(=O)C=CC2=O)c1. The summed E-state index contributed by atoms with van der Waals surface area (Å²) in [4.78, 5) is 33.2. The molecule has 7 nitrogen and oxygen atoms in total. The predicted octanol–water partition coefficient (Wildman–Crippen LogP) is 4.04. The second kappa shape index (κ2) is 8.39. The molecule has 0 spiro atoms. The zero-order chi connectivity index (χ0) is 22.0. The average molecular weight is 415 g/mol. The van der Waals surface area contributed by atoms with E-state index in [0.717, 1.165) is 17.4 Å². The Balaban J connectivity index is 1.84. The minimum Gasteiger partial charge on any atom is -0.493 e. The van der Waals surface area contributed by atoms with Crippen LogP contribution in [0.4, 0.5) is 11.5 Å². The summed E-state index contributed by atoms with van der Waals surface area (Å²) < 4.78 is 10.8. The molecule has 0 atom stereocenters. The number of methoxy groups -OCH3 is 2. The van der Waals surface area contributed by atoms with Gasteiger partial charge in [0.15, 0.2) is 23.1 Å². The van der Waals surface area contributed by atoms with Crippen LogP contribution in [0.2, 0.25) is 0 Å². The van der Waals surface area contributed by atoms with Crippen molar-refractivity contribution < 1.29 is 19.1 Å². The van der Waals surface area contributed by atoms with Crippen LogP contribution in [0.15, 0.2) is 54.9 Å². The van der Waals surface area contributed by atoms with E-state index in [9.17, 15) is 9.59 Å². The van der Waals surface area contributed by atoms with E-state index in [1.165, 1.54) is 24.6 Å². The molecule has 1 aliphatic carbocycles. The van der Waals surface area contributed by atoms with Crippen molar-refractivity contribution in [2.45, 2.75) is 13.3 Å². The van der Waals surface area contributed by atoms with Crippen molar-refractivity contribution in [3.63, 3.8) is 0 Å². The maximum atomic E-state index is 12.5. The summed E-state index contributed by atoms with van der Waals surface area (Å²) in [5.74, 6) is 1.23. The summed E-state index contributed by atoms with van der Waals surface area (Å²) >= 11 is 0. The molecular weight excluding hydrogens is 394 g/mol. The number of rotatable bonds is 6. The first-order chi connectivity index (χ1) is 15.0. The van der Waals surface area contributed by atoms with Crippen molar-refractivity contribution in [1.29, 1.82) is 0 Å². The summed E-state index contributed by atoms with van der Waals surface area (Å²) in [7, 11) is 3.13. The van der Waals surface area contributed by atoms with Gasteiger partial charge >= 0.3 is 0 Å². The molecule has 1 aliphatic rings. The lowest BCUT2D eigenvalue weighted by atomic mass is 9.93. The van der Waals surface area contributed by atoms with Gasteiger partial charge in [-0.2, -0.15) is 0 Å². The number of fused-ring (bicyclic) bond motifs is 1. The molecule has 0 bridgehead atoms. The fraction of sp³-hybridized carbons (Fsp3) is 0.167. The maximum absolute atomic E-state index is 12.5. The van der Waals surface area contributed by atoms with Crippen LogP contribution >= 0.6 is 0 Å². The molecule has 1 heterocycles. The third-order valence-corrected chi connectivity index (χ3v) is 5.13. The Labute approximate surface area is 179 Å². The van der Waals surface area contributed by atoms with Crippen LogP contribution in [0.25, 0.3) is 16.5 Å². The molecule has 31 heavy (non-hydrogen) atoms. The molecule has 0 amide bonds. The van der Waals surface area contributed by atoms with Crippen molar-refractivity contribution >= 4 is 39.5 Å². The van der Waals surface area contributed by atoms with Gasteiger partial charge in [-0.1, -0.05) is 13.0 Å². The Morgan fingerprint density at radius 2 is 1.74 bits per heavy atom. The number of nitrogens with one attached hydrogen (secondary N) is 1. The number of carbonyl (C=O) groups excluding carboxylic acids is 2. The molecule has 0 radical (unpaired) electrons. The summed E-state index contributed by atoms with van der Waals surface area (Å²) in [6, 6.07) is 9.36. The van der Waals surface area contributed by atoms with Crippen LogP contribution in [0.5, 0.6) is 11.5 Å². The van der Waals surface area contributed by atoms with E-state index in [-0.39, 0.29) is 11.6 Å². The highest BCUT2D eigenvalue weighted by atomic mass is 16.5. The van der Waals surface area contributed by atoms with E-state index in [4.69, 9.17) is 9.47 Å². The van der Waals surface area contributed by atoms with Crippen molar-refractivity contribution in [1.82, 2.24) is 9.97 Å². The third kappa shape index (κ3) is 3.90. The van der Waals surface area contributed by atoms with E-state index < -0.39 is 0 Å². The van der Waals surface area contributed by atoms with Crippen molar-refractivity contribution in [3.05, 3.63) is 66.0 Å². The number of hydrogen-bond donors (Lipinski definition) is 1. The summed E-state index contributed by atoms with van der Waals surface area (Å²) in [5.41, 5.74) is 3.38. The molecule has 0 saturated heterocycles. The lowest BCUT2D eigenvalue weighted by molar-refractivity contribution is -0.113. The highest BCUT2D eigenvalue weighted by Gasteiger charge is 2.20. The minimum atomic E-state index is -0.216. The van der Waals surface area contributed by atoms with Gasteiger partial charge in [-0.3, -0.25) is 9.59 Å². The number of benzene rings is 2. The van der Waals surface area contributed by atoms with Crippen LogP contribution in [0.3, 0.4) is 0 Å². The largest absolute Gasteiger partial charge is 0.493 e. The maximum Gasteiger partial charge on any atom is 0.186 e. The summed E-state index contributed by atoms with van der Waals surface area (Å²) in [5, 5.41) is 4.04. The van der Waals surface area contributed by atoms with Crippen molar-refractivity contribution in [2.75, 3.05) is 19.5 Å². The molecule has 3 aromatic rings. The van der Waals surface area contributed by atoms with Gasteiger partial charge in [-0.25, -0.2) is 9.97 Å². The van der Waals surface area contributed by atoms with Crippen LogP contribution in [-0.4, -0.2) is 35.8 Å². The standard InChI is InChI=1S/C24H21N3O4/c1-4-14-5-7-19(16(9-14)17-10-15(28)6-8-21(17)29)27-24-18-11-22(30-2)23(31-3)12-20(18)25-13-26-24/h5-13H,4H2,1-3H3,(H,25,26,27). The number of nitrogens with zero attached hydrogens (tertiary/aromatic N) is 2. The van der Waals surface area contributed by atoms with Crippen LogP contribution in [0, 0.1) is 0 Å². The van der Waals surface area contributed by atoms with E-state index >= 15 is 0 Å². The molecule has 0 fully saturated rings. The van der Waals surface area contributed by atoms with Gasteiger partial charge < -0.3 is 14.8 Å². The van der Waals surface area contributed by atoms with Gasteiger partial charge in [-0.05, 0) is 48.4 Å². The number of allylic oxidation sites excluding steroid dienone is 4. The van der Waals surface area contributed by atoms with Gasteiger partial charge in [0.2, 0.25) is 0 Å². The topological polar surface area (TPSA) is 90.4 Å². The van der Waals surface area contributed by atoms with E-state index in [1.807, 2.05) is 25.1 Å². The lowest BCUT2D eigenvalue weighted by Crippen LogP contribution is -2.09. The smallest absolute Gasteiger partial charge is 0.186 e. The van der Waals surface area contributed by atoms with E-state index in [2.05, 4.69) is 15.3 Å². The fourth-order valence-corrected chi connectivity index (χ4v) is 3.47. The monoisotopic (exact) mass is 415 g/mol. The van der Waals surface area contributed by atoms with Crippen LogP contribution in [-0.2, 0) is 16.0 Å². The molecule has 2 aromatic carbocycles. The first-order valence-corrected chi connectivity index (χ1v) is 9.79. The highest BCUT2D eigenvalue weighted by molar-refractivity contribution is 6.34. The van der Waals surface area contributed by atoms with E-state index in [0.29, 0.717) is 39.7 Å². The zero-order valence-corrected chi connectivity index (χ0v) is 17.4. The zero-order valence-electron chi connectivity index (χ0n) is 17.4. The van der Waals surface area contributed by atoms with Crippen molar-refractivity contribution in [2.24, 2.45) is 0 Å². The number of ether oxygens (including phenoxy) is 2. The Morgan fingerprint density at radius 1 is 0.968 bits per heavy atom. The molecule has 0 saturated carbocycles. The predicted molar refractivity (Wildman–Crippen MR) is 119 cm³/mol. The van der Waals surface area contributed by atoms with Gasteiger partial charge in [0, 0.05) is 28.3 Å². The molecule has 0 unspecified atom stereocenters. The van der Waals surface area contributed by atoms with Gasteiger partial charge in [0.1, 0.15) is 12.1 Å². The molecule has 0 aliphatic heterocycles. The molecular formula is C24H21N3O4. The van der Waals surface area contributed by atoms with Crippen LogP contribution in [0.1, 0.15) is 18.1 Å². The number of anilines is 2. The normalized spacial score (nSPS) is 13.3. The second-order valence-corrected chi connectivity index (χ2v) is 6.96. The van der Waals surface area contributed by atoms with E-state index in [1.54, 1.807) is 26.4 Å². The fourth-order valence-electron chi connectivity index (χ4n) is 3.47. The quantitative estimate of drug-likeness (QED) is 0.608.